The zero-order valence-corrected chi connectivity index (χ0v) is 26.0. The van der Waals surface area contributed by atoms with E-state index in [2.05, 4.69) is 47.9 Å². The maximum Gasteiger partial charge on any atom is 0.323 e. The van der Waals surface area contributed by atoms with Crippen LogP contribution in [0.1, 0.15) is 62.4 Å². The quantitative estimate of drug-likeness (QED) is 0.158. The van der Waals surface area contributed by atoms with Gasteiger partial charge >= 0.3 is 5.69 Å². The van der Waals surface area contributed by atoms with Gasteiger partial charge in [-0.25, -0.2) is 9.78 Å². The van der Waals surface area contributed by atoms with Gasteiger partial charge in [0.1, 0.15) is 11.9 Å². The van der Waals surface area contributed by atoms with Crippen molar-refractivity contribution < 1.29 is 9.59 Å². The zero-order chi connectivity index (χ0) is 31.8. The number of nitrogens with zero attached hydrogens (tertiary/aromatic N) is 2. The summed E-state index contributed by atoms with van der Waals surface area (Å²) >= 11 is 0. The molecule has 1 fully saturated rings. The average molecular weight is 608 g/mol. The first-order chi connectivity index (χ1) is 21.6. The molecule has 1 aliphatic carbocycles. The number of carbonyl (C=O) groups excluding carboxylic acids is 2. The molecular formula is C35H41N7O3. The number of fused-ring (bicyclic) bond motifs is 2. The molecule has 10 nitrogen and oxygen atoms in total. The van der Waals surface area contributed by atoms with E-state index in [1.54, 1.807) is 23.1 Å². The third-order valence-corrected chi connectivity index (χ3v) is 9.27. The second-order valence-corrected chi connectivity index (χ2v) is 12.8. The van der Waals surface area contributed by atoms with Gasteiger partial charge in [0.15, 0.2) is 0 Å². The lowest BCUT2D eigenvalue weighted by atomic mass is 9.81. The number of benzene rings is 3. The van der Waals surface area contributed by atoms with Gasteiger partial charge < -0.3 is 26.4 Å². The molecule has 10 heteroatoms. The first-order valence-corrected chi connectivity index (χ1v) is 15.7. The Labute approximate surface area is 261 Å². The van der Waals surface area contributed by atoms with Crippen LogP contribution in [0.4, 0.5) is 5.69 Å². The molecule has 2 aromatic heterocycles. The molecule has 2 heterocycles. The number of aromatic nitrogens is 4. The molecule has 0 bridgehead atoms. The molecule has 1 atom stereocenters. The molecule has 1 saturated carbocycles. The standard InChI is InChI=1S/C35H41N7O3/c1-19(2)33-38-28-14-20(3)26(17-30(28)39-33)23-8-4-21(5-9-23)15-31(32(37)43)42(34(44)24-10-6-22(18-36)7-11-24)25-12-13-27-29(16-25)41-35(45)40-27/h4-5,8-9,12-14,16-17,19,22,24,31H,6-7,10-11,15,18,36H2,1-3H3,(H2,37,43)(H,38,39)(H2,40,41,45)/t22?,24?,31-/m1/s1. The highest BCUT2D eigenvalue weighted by Gasteiger charge is 2.36. The van der Waals surface area contributed by atoms with Crippen molar-refractivity contribution in [2.75, 3.05) is 11.4 Å². The van der Waals surface area contributed by atoms with Crippen LogP contribution in [0.15, 0.2) is 59.4 Å². The lowest BCUT2D eigenvalue weighted by Gasteiger charge is -2.35. The summed E-state index contributed by atoms with van der Waals surface area (Å²) in [5, 5.41) is 0. The van der Waals surface area contributed by atoms with E-state index >= 15 is 0 Å². The lowest BCUT2D eigenvalue weighted by molar-refractivity contribution is -0.127. The second kappa shape index (κ2) is 12.4. The van der Waals surface area contributed by atoms with Crippen LogP contribution in [-0.4, -0.2) is 44.3 Å². The fourth-order valence-electron chi connectivity index (χ4n) is 6.60. The van der Waals surface area contributed by atoms with Crippen molar-refractivity contribution in [3.8, 4) is 11.1 Å². The van der Waals surface area contributed by atoms with E-state index in [9.17, 15) is 14.4 Å². The summed E-state index contributed by atoms with van der Waals surface area (Å²) < 4.78 is 0. The molecular weight excluding hydrogens is 566 g/mol. The van der Waals surface area contributed by atoms with E-state index in [1.807, 2.05) is 24.3 Å². The maximum absolute atomic E-state index is 14.2. The van der Waals surface area contributed by atoms with E-state index in [1.165, 1.54) is 0 Å². The van der Waals surface area contributed by atoms with Gasteiger partial charge in [0.05, 0.1) is 22.1 Å². The van der Waals surface area contributed by atoms with Crippen molar-refractivity contribution in [3.05, 3.63) is 82.0 Å². The summed E-state index contributed by atoms with van der Waals surface area (Å²) in [6.07, 6.45) is 3.40. The lowest BCUT2D eigenvalue weighted by Crippen LogP contribution is -2.52. The molecule has 3 aromatic carbocycles. The minimum Gasteiger partial charge on any atom is -0.368 e. The number of carbonyl (C=O) groups is 2. The number of imidazole rings is 2. The number of hydrogen-bond acceptors (Lipinski definition) is 5. The molecule has 0 radical (unpaired) electrons. The molecule has 0 aliphatic heterocycles. The first-order valence-electron chi connectivity index (χ1n) is 15.7. The summed E-state index contributed by atoms with van der Waals surface area (Å²) in [7, 11) is 0. The second-order valence-electron chi connectivity index (χ2n) is 12.8. The van der Waals surface area contributed by atoms with Crippen molar-refractivity contribution in [2.45, 2.75) is 64.8 Å². The van der Waals surface area contributed by atoms with Gasteiger partial charge in [0, 0.05) is 23.9 Å². The SMILES string of the molecule is Cc1cc2[nH]c(C(C)C)nc2cc1-c1ccc(C[C@H](C(N)=O)N(C(=O)C2CCC(CN)CC2)c2ccc3[nH]c(=O)[nH]c3c2)cc1. The highest BCUT2D eigenvalue weighted by atomic mass is 16.2. The van der Waals surface area contributed by atoms with Crippen LogP contribution < -0.4 is 22.1 Å². The molecule has 5 aromatic rings. The van der Waals surface area contributed by atoms with Gasteiger partial charge in [-0.1, -0.05) is 38.1 Å². The maximum atomic E-state index is 14.2. The Balaban J connectivity index is 1.31. The van der Waals surface area contributed by atoms with Crippen LogP contribution in [0, 0.1) is 18.8 Å². The number of nitrogens with one attached hydrogen (secondary N) is 3. The van der Waals surface area contributed by atoms with Crippen LogP contribution in [-0.2, 0) is 16.0 Å². The molecule has 0 saturated heterocycles. The zero-order valence-electron chi connectivity index (χ0n) is 26.0. The summed E-state index contributed by atoms with van der Waals surface area (Å²) in [5.74, 6) is 0.706. The van der Waals surface area contributed by atoms with Gasteiger partial charge in [0.25, 0.3) is 0 Å². The van der Waals surface area contributed by atoms with Crippen LogP contribution in [0.3, 0.4) is 0 Å². The molecule has 7 N–H and O–H groups in total. The van der Waals surface area contributed by atoms with Gasteiger partial charge in [-0.15, -0.1) is 0 Å². The molecule has 2 amide bonds. The first kappa shape index (κ1) is 30.3. The Bertz CT molecular complexity index is 1910. The van der Waals surface area contributed by atoms with E-state index in [-0.39, 0.29) is 23.9 Å². The molecule has 1 aliphatic rings. The normalized spacial score (nSPS) is 17.6. The third-order valence-electron chi connectivity index (χ3n) is 9.27. The van der Waals surface area contributed by atoms with Crippen molar-refractivity contribution in [3.63, 3.8) is 0 Å². The fourth-order valence-corrected chi connectivity index (χ4v) is 6.60. The Hall–Kier alpha value is -4.70. The summed E-state index contributed by atoms with van der Waals surface area (Å²) in [5.41, 5.74) is 19.4. The van der Waals surface area contributed by atoms with Crippen LogP contribution in [0.25, 0.3) is 33.2 Å². The molecule has 6 rings (SSSR count). The topological polar surface area (TPSA) is 167 Å². The van der Waals surface area contributed by atoms with Crippen molar-refractivity contribution in [2.24, 2.45) is 23.3 Å². The number of hydrogen-bond donors (Lipinski definition) is 5. The minimum atomic E-state index is -0.921. The highest BCUT2D eigenvalue weighted by molar-refractivity contribution is 6.02. The summed E-state index contributed by atoms with van der Waals surface area (Å²) in [6.45, 7) is 6.92. The third kappa shape index (κ3) is 6.15. The number of aromatic amines is 3. The van der Waals surface area contributed by atoms with Crippen molar-refractivity contribution in [1.29, 1.82) is 0 Å². The van der Waals surface area contributed by atoms with Gasteiger partial charge in [-0.3, -0.25) is 14.5 Å². The van der Waals surface area contributed by atoms with Crippen LogP contribution in [0.2, 0.25) is 0 Å². The summed E-state index contributed by atoms with van der Waals surface area (Å²) in [6, 6.07) is 16.6. The number of H-pyrrole nitrogens is 3. The number of nitrogens with two attached hydrogens (primary N) is 2. The minimum absolute atomic E-state index is 0.133. The molecule has 45 heavy (non-hydrogen) atoms. The number of anilines is 1. The number of amides is 2. The Kier molecular flexibility index (Phi) is 8.33. The predicted molar refractivity (Wildman–Crippen MR) is 178 cm³/mol. The van der Waals surface area contributed by atoms with E-state index in [0.29, 0.717) is 47.9 Å². The fraction of sp³-hybridized carbons (Fsp3) is 0.371. The summed E-state index contributed by atoms with van der Waals surface area (Å²) in [4.78, 5) is 54.5. The molecule has 0 unspecified atom stereocenters. The number of primary amides is 1. The largest absolute Gasteiger partial charge is 0.368 e. The predicted octanol–water partition coefficient (Wildman–Crippen LogP) is 5.03. The molecule has 0 spiro atoms. The van der Waals surface area contributed by atoms with Crippen molar-refractivity contribution >= 4 is 39.6 Å². The van der Waals surface area contributed by atoms with Crippen LogP contribution >= 0.6 is 0 Å². The van der Waals surface area contributed by atoms with Gasteiger partial charge in [-0.2, -0.15) is 0 Å². The number of aryl methyl sites for hydroxylation is 1. The molecule has 234 valence electrons. The van der Waals surface area contributed by atoms with Gasteiger partial charge in [-0.05, 0) is 97.7 Å². The van der Waals surface area contributed by atoms with E-state index in [4.69, 9.17) is 16.5 Å². The monoisotopic (exact) mass is 607 g/mol. The average Bonchev–Trinajstić information content (AvgIpc) is 3.62. The Morgan fingerprint density at radius 1 is 0.933 bits per heavy atom. The Morgan fingerprint density at radius 2 is 1.64 bits per heavy atom. The number of rotatable bonds is 9. The van der Waals surface area contributed by atoms with Crippen molar-refractivity contribution in [1.82, 2.24) is 19.9 Å². The highest BCUT2D eigenvalue weighted by Crippen LogP contribution is 2.34. The smallest absolute Gasteiger partial charge is 0.323 e. The van der Waals surface area contributed by atoms with Crippen LogP contribution in [0.5, 0.6) is 0 Å². The van der Waals surface area contributed by atoms with E-state index in [0.717, 1.165) is 52.0 Å². The van der Waals surface area contributed by atoms with Gasteiger partial charge in [0.2, 0.25) is 11.8 Å². The van der Waals surface area contributed by atoms with E-state index < -0.39 is 11.9 Å². The Morgan fingerprint density at radius 3 is 2.31 bits per heavy atom.